The van der Waals surface area contributed by atoms with Crippen LogP contribution in [0.3, 0.4) is 0 Å². The summed E-state index contributed by atoms with van der Waals surface area (Å²) in [6, 6.07) is 14.1. The van der Waals surface area contributed by atoms with Crippen molar-refractivity contribution in [3.8, 4) is 6.07 Å². The van der Waals surface area contributed by atoms with Gasteiger partial charge in [0.15, 0.2) is 6.61 Å². The van der Waals surface area contributed by atoms with Gasteiger partial charge in [-0.15, -0.1) is 0 Å². The van der Waals surface area contributed by atoms with E-state index in [2.05, 4.69) is 0 Å². The number of para-hydroxylation sites is 1. The molecule has 0 saturated carbocycles. The third kappa shape index (κ3) is 5.44. The lowest BCUT2D eigenvalue weighted by Crippen LogP contribution is -2.40. The van der Waals surface area contributed by atoms with Crippen molar-refractivity contribution < 1.29 is 27.5 Å². The molecule has 1 aliphatic rings. The van der Waals surface area contributed by atoms with E-state index >= 15 is 0 Å². The van der Waals surface area contributed by atoms with Crippen LogP contribution in [0.5, 0.6) is 0 Å². The van der Waals surface area contributed by atoms with Crippen LogP contribution in [0.4, 0.5) is 5.69 Å². The normalized spacial score (nSPS) is 14.4. The highest BCUT2D eigenvalue weighted by atomic mass is 35.5. The number of carbonyl (C=O) groups is 2. The molecule has 0 aromatic heterocycles. The summed E-state index contributed by atoms with van der Waals surface area (Å²) in [6.45, 7) is 0.0937. The van der Waals surface area contributed by atoms with E-state index in [0.29, 0.717) is 5.69 Å². The number of carbonyl (C=O) groups excluding carboxylic acids is 2. The molecule has 2 aromatic rings. The highest BCUT2D eigenvalue weighted by Crippen LogP contribution is 2.24. The second-order valence-electron chi connectivity index (χ2n) is 6.71. The molecule has 1 saturated heterocycles. The van der Waals surface area contributed by atoms with Crippen molar-refractivity contribution in [1.82, 2.24) is 4.31 Å². The van der Waals surface area contributed by atoms with Gasteiger partial charge in [-0.25, -0.2) is 13.2 Å². The van der Waals surface area contributed by atoms with E-state index in [9.17, 15) is 18.0 Å². The molecule has 11 heteroatoms. The fourth-order valence-corrected chi connectivity index (χ4v) is 4.67. The number of morpholine rings is 1. The zero-order valence-electron chi connectivity index (χ0n) is 16.9. The minimum Gasteiger partial charge on any atom is -0.452 e. The third-order valence-corrected chi connectivity index (χ3v) is 6.91. The number of sulfonamides is 1. The molecule has 0 unspecified atom stereocenters. The lowest BCUT2D eigenvalue weighted by atomic mass is 10.2. The molecule has 1 amide bonds. The lowest BCUT2D eigenvalue weighted by molar-refractivity contribution is -0.121. The van der Waals surface area contributed by atoms with Gasteiger partial charge in [0.2, 0.25) is 10.0 Å². The Morgan fingerprint density at radius 1 is 1.16 bits per heavy atom. The molecule has 1 aliphatic heterocycles. The lowest BCUT2D eigenvalue weighted by Gasteiger charge is -2.26. The van der Waals surface area contributed by atoms with Crippen LogP contribution in [0.25, 0.3) is 0 Å². The van der Waals surface area contributed by atoms with Crippen molar-refractivity contribution in [3.05, 3.63) is 59.1 Å². The van der Waals surface area contributed by atoms with Gasteiger partial charge < -0.3 is 9.47 Å². The van der Waals surface area contributed by atoms with Crippen LogP contribution in [-0.4, -0.2) is 64.1 Å². The Bertz CT molecular complexity index is 1130. The number of nitriles is 1. The minimum absolute atomic E-state index is 0.0136. The molecule has 0 atom stereocenters. The second kappa shape index (κ2) is 10.6. The molecule has 1 fully saturated rings. The summed E-state index contributed by atoms with van der Waals surface area (Å²) in [5, 5.41) is 9.00. The topological polar surface area (TPSA) is 117 Å². The van der Waals surface area contributed by atoms with Crippen LogP contribution < -0.4 is 4.90 Å². The molecule has 0 N–H and O–H groups in total. The molecule has 32 heavy (non-hydrogen) atoms. The Balaban J connectivity index is 1.74. The van der Waals surface area contributed by atoms with Gasteiger partial charge in [0, 0.05) is 18.8 Å². The molecule has 168 valence electrons. The Labute approximate surface area is 190 Å². The number of hydrogen-bond donors (Lipinski definition) is 0. The SMILES string of the molecule is N#CCN(C(=O)COC(=O)c1cc(S(=O)(=O)N2CCOCC2)ccc1Cl)c1ccccc1. The number of rotatable bonds is 7. The smallest absolute Gasteiger partial charge is 0.340 e. The van der Waals surface area contributed by atoms with Crippen LogP contribution in [0.2, 0.25) is 5.02 Å². The molecule has 1 heterocycles. The van der Waals surface area contributed by atoms with Crippen molar-refractivity contribution in [2.24, 2.45) is 0 Å². The summed E-state index contributed by atoms with van der Waals surface area (Å²) in [5.74, 6) is -1.56. The molecule has 3 rings (SSSR count). The summed E-state index contributed by atoms with van der Waals surface area (Å²) in [6.07, 6.45) is 0. The van der Waals surface area contributed by atoms with Crippen molar-refractivity contribution in [1.29, 1.82) is 5.26 Å². The van der Waals surface area contributed by atoms with Crippen LogP contribution in [-0.2, 0) is 24.3 Å². The Morgan fingerprint density at radius 3 is 2.50 bits per heavy atom. The number of benzene rings is 2. The van der Waals surface area contributed by atoms with E-state index in [1.807, 2.05) is 6.07 Å². The monoisotopic (exact) mass is 477 g/mol. The Hall–Kier alpha value is -2.97. The zero-order chi connectivity index (χ0) is 23.1. The quantitative estimate of drug-likeness (QED) is 0.442. The maximum Gasteiger partial charge on any atom is 0.340 e. The summed E-state index contributed by atoms with van der Waals surface area (Å²) in [4.78, 5) is 26.2. The van der Waals surface area contributed by atoms with Crippen LogP contribution in [0.15, 0.2) is 53.4 Å². The molecule has 0 radical (unpaired) electrons. The summed E-state index contributed by atoms with van der Waals surface area (Å²) in [5.41, 5.74) is 0.298. The largest absolute Gasteiger partial charge is 0.452 e. The highest BCUT2D eigenvalue weighted by Gasteiger charge is 2.28. The first-order chi connectivity index (χ1) is 15.3. The first-order valence-corrected chi connectivity index (χ1v) is 11.4. The van der Waals surface area contributed by atoms with E-state index in [1.54, 1.807) is 30.3 Å². The number of esters is 1. The van der Waals surface area contributed by atoms with Crippen molar-refractivity contribution in [3.63, 3.8) is 0 Å². The van der Waals surface area contributed by atoms with Gasteiger partial charge in [-0.3, -0.25) is 9.69 Å². The van der Waals surface area contributed by atoms with Gasteiger partial charge in [-0.2, -0.15) is 9.57 Å². The number of ether oxygens (including phenoxy) is 2. The van der Waals surface area contributed by atoms with Gasteiger partial charge in [0.25, 0.3) is 5.91 Å². The average Bonchev–Trinajstić information content (AvgIpc) is 2.82. The van der Waals surface area contributed by atoms with E-state index in [-0.39, 0.29) is 48.3 Å². The van der Waals surface area contributed by atoms with Crippen LogP contribution in [0.1, 0.15) is 10.4 Å². The predicted molar refractivity (Wildman–Crippen MR) is 116 cm³/mol. The fourth-order valence-electron chi connectivity index (χ4n) is 3.04. The summed E-state index contributed by atoms with van der Waals surface area (Å²) in [7, 11) is -3.85. The number of anilines is 1. The standard InChI is InChI=1S/C21H20ClN3O6S/c22-19-7-6-17(32(28,29)24-10-12-30-13-11-24)14-18(19)21(27)31-15-20(26)25(9-8-23)16-4-2-1-3-5-16/h1-7,14H,9-13,15H2. The Morgan fingerprint density at radius 2 is 1.84 bits per heavy atom. The van der Waals surface area contributed by atoms with Crippen LogP contribution in [0, 0.1) is 11.3 Å². The third-order valence-electron chi connectivity index (χ3n) is 4.69. The summed E-state index contributed by atoms with van der Waals surface area (Å²) < 4.78 is 37.2. The van der Waals surface area contributed by atoms with Gasteiger partial charge in [-0.1, -0.05) is 29.8 Å². The first-order valence-electron chi connectivity index (χ1n) is 9.61. The van der Waals surface area contributed by atoms with E-state index in [0.717, 1.165) is 6.07 Å². The average molecular weight is 478 g/mol. The molecular weight excluding hydrogens is 458 g/mol. The maximum absolute atomic E-state index is 12.8. The van der Waals surface area contributed by atoms with Gasteiger partial charge in [0.05, 0.1) is 34.8 Å². The maximum atomic E-state index is 12.8. The minimum atomic E-state index is -3.85. The molecule has 0 bridgehead atoms. The number of halogens is 1. The molecular formula is C21H20ClN3O6S. The fraction of sp³-hybridized carbons (Fsp3) is 0.286. The Kier molecular flexibility index (Phi) is 7.82. The molecule has 0 aliphatic carbocycles. The summed E-state index contributed by atoms with van der Waals surface area (Å²) >= 11 is 6.08. The van der Waals surface area contributed by atoms with Crippen molar-refractivity contribution >= 4 is 39.2 Å². The highest BCUT2D eigenvalue weighted by molar-refractivity contribution is 7.89. The van der Waals surface area contributed by atoms with Gasteiger partial charge >= 0.3 is 5.97 Å². The first kappa shape index (κ1) is 23.7. The van der Waals surface area contributed by atoms with E-state index in [1.165, 1.54) is 21.3 Å². The second-order valence-corrected chi connectivity index (χ2v) is 9.05. The number of hydrogen-bond acceptors (Lipinski definition) is 7. The zero-order valence-corrected chi connectivity index (χ0v) is 18.5. The van der Waals surface area contributed by atoms with Gasteiger partial charge in [0.1, 0.15) is 6.54 Å². The molecule has 0 spiro atoms. The van der Waals surface area contributed by atoms with Crippen molar-refractivity contribution in [2.75, 3.05) is 44.4 Å². The van der Waals surface area contributed by atoms with Crippen LogP contribution >= 0.6 is 11.6 Å². The molecule has 2 aromatic carbocycles. The van der Waals surface area contributed by atoms with Gasteiger partial charge in [-0.05, 0) is 30.3 Å². The number of amides is 1. The predicted octanol–water partition coefficient (Wildman–Crippen LogP) is 2.07. The van der Waals surface area contributed by atoms with E-state index < -0.39 is 28.5 Å². The van der Waals surface area contributed by atoms with E-state index in [4.69, 9.17) is 26.3 Å². The number of nitrogens with zero attached hydrogens (tertiary/aromatic N) is 3. The molecule has 9 nitrogen and oxygen atoms in total. The van der Waals surface area contributed by atoms with Crippen molar-refractivity contribution in [2.45, 2.75) is 4.90 Å².